The van der Waals surface area contributed by atoms with E-state index in [4.69, 9.17) is 4.52 Å². The third-order valence-corrected chi connectivity index (χ3v) is 5.18. The second-order valence-corrected chi connectivity index (χ2v) is 7.38. The lowest BCUT2D eigenvalue weighted by Crippen LogP contribution is -2.36. The highest BCUT2D eigenvalue weighted by atomic mass is 19.1. The van der Waals surface area contributed by atoms with Crippen LogP contribution in [0.4, 0.5) is 14.5 Å². The lowest BCUT2D eigenvalue weighted by molar-refractivity contribution is -0.116. The van der Waals surface area contributed by atoms with Crippen molar-refractivity contribution in [1.29, 1.82) is 0 Å². The molecule has 156 valence electrons. The van der Waals surface area contributed by atoms with Crippen LogP contribution in [0.1, 0.15) is 31.1 Å². The first-order valence-electron chi connectivity index (χ1n) is 9.95. The van der Waals surface area contributed by atoms with Gasteiger partial charge in [-0.05, 0) is 43.7 Å². The number of para-hydroxylation sites is 1. The molecule has 0 spiro atoms. The molecular formula is C22H22F2N4O2. The molecular weight excluding hydrogens is 390 g/mol. The fourth-order valence-corrected chi connectivity index (χ4v) is 3.64. The molecule has 1 unspecified atom stereocenters. The van der Waals surface area contributed by atoms with Crippen molar-refractivity contribution in [3.63, 3.8) is 0 Å². The monoisotopic (exact) mass is 412 g/mol. The van der Waals surface area contributed by atoms with Crippen molar-refractivity contribution in [2.75, 3.05) is 25.0 Å². The van der Waals surface area contributed by atoms with Gasteiger partial charge in [0.2, 0.25) is 17.6 Å². The zero-order valence-corrected chi connectivity index (χ0v) is 16.4. The molecule has 1 aliphatic rings. The van der Waals surface area contributed by atoms with Gasteiger partial charge in [0.1, 0.15) is 11.6 Å². The molecule has 0 aliphatic carbocycles. The minimum absolute atomic E-state index is 0.0585. The van der Waals surface area contributed by atoms with E-state index in [1.165, 1.54) is 24.3 Å². The number of likely N-dealkylation sites (tertiary alicyclic amines) is 1. The highest BCUT2D eigenvalue weighted by Crippen LogP contribution is 2.28. The number of nitrogens with zero attached hydrogens (tertiary/aromatic N) is 3. The molecule has 1 N–H and O–H groups in total. The van der Waals surface area contributed by atoms with Crippen molar-refractivity contribution in [3.8, 4) is 11.4 Å². The normalized spacial score (nSPS) is 17.1. The summed E-state index contributed by atoms with van der Waals surface area (Å²) in [7, 11) is 0. The van der Waals surface area contributed by atoms with Gasteiger partial charge in [0.15, 0.2) is 0 Å². The zero-order valence-electron chi connectivity index (χ0n) is 16.4. The number of carbonyl (C=O) groups is 1. The van der Waals surface area contributed by atoms with E-state index in [0.717, 1.165) is 19.4 Å². The van der Waals surface area contributed by atoms with Gasteiger partial charge in [-0.3, -0.25) is 4.79 Å². The number of aromatic nitrogens is 2. The first-order chi connectivity index (χ1) is 14.6. The van der Waals surface area contributed by atoms with Crippen LogP contribution in [-0.2, 0) is 4.79 Å². The predicted octanol–water partition coefficient (Wildman–Crippen LogP) is 4.22. The van der Waals surface area contributed by atoms with E-state index in [1.54, 1.807) is 24.3 Å². The minimum Gasteiger partial charge on any atom is -0.339 e. The molecule has 8 heteroatoms. The Hall–Kier alpha value is -3.13. The Bertz CT molecular complexity index is 1020. The number of piperidine rings is 1. The largest absolute Gasteiger partial charge is 0.339 e. The summed E-state index contributed by atoms with van der Waals surface area (Å²) in [6, 6.07) is 12.2. The van der Waals surface area contributed by atoms with Gasteiger partial charge in [-0.1, -0.05) is 29.4 Å². The molecule has 30 heavy (non-hydrogen) atoms. The molecule has 1 aromatic heterocycles. The van der Waals surface area contributed by atoms with Gasteiger partial charge in [0, 0.05) is 25.1 Å². The Labute approximate surface area is 172 Å². The molecule has 1 saturated heterocycles. The summed E-state index contributed by atoms with van der Waals surface area (Å²) in [5, 5.41) is 6.59. The Morgan fingerprint density at radius 2 is 2.07 bits per heavy atom. The maximum atomic E-state index is 13.7. The van der Waals surface area contributed by atoms with E-state index >= 15 is 0 Å². The van der Waals surface area contributed by atoms with E-state index in [2.05, 4.69) is 20.4 Å². The highest BCUT2D eigenvalue weighted by Gasteiger charge is 2.26. The summed E-state index contributed by atoms with van der Waals surface area (Å²) in [6.07, 6.45) is 2.11. The lowest BCUT2D eigenvalue weighted by Gasteiger charge is -2.30. The molecule has 2 heterocycles. The Morgan fingerprint density at radius 1 is 1.20 bits per heavy atom. The summed E-state index contributed by atoms with van der Waals surface area (Å²) < 4.78 is 32.5. The zero-order chi connectivity index (χ0) is 20.9. The average Bonchev–Trinajstić information content (AvgIpc) is 3.25. The number of carbonyl (C=O) groups excluding carboxylic acids is 1. The number of anilines is 1. The molecule has 4 rings (SSSR count). The van der Waals surface area contributed by atoms with Gasteiger partial charge in [0.05, 0.1) is 11.6 Å². The van der Waals surface area contributed by atoms with Crippen LogP contribution >= 0.6 is 0 Å². The van der Waals surface area contributed by atoms with Gasteiger partial charge in [-0.15, -0.1) is 0 Å². The van der Waals surface area contributed by atoms with Crippen molar-refractivity contribution in [3.05, 3.63) is 66.1 Å². The number of hydrogen-bond acceptors (Lipinski definition) is 5. The second kappa shape index (κ2) is 9.13. The summed E-state index contributed by atoms with van der Waals surface area (Å²) >= 11 is 0. The van der Waals surface area contributed by atoms with Crippen LogP contribution < -0.4 is 5.32 Å². The first-order valence-corrected chi connectivity index (χ1v) is 9.95. The van der Waals surface area contributed by atoms with Crippen LogP contribution in [0.5, 0.6) is 0 Å². The molecule has 1 fully saturated rings. The van der Waals surface area contributed by atoms with Gasteiger partial charge in [0.25, 0.3) is 0 Å². The van der Waals surface area contributed by atoms with Crippen LogP contribution in [0.25, 0.3) is 11.4 Å². The summed E-state index contributed by atoms with van der Waals surface area (Å²) in [5.74, 6) is -0.0806. The molecule has 0 saturated carbocycles. The SMILES string of the molecule is O=C(CCN1CCCC(c2nc(-c3cccc(F)c3)no2)C1)Nc1ccccc1F. The molecule has 1 atom stereocenters. The summed E-state index contributed by atoms with van der Waals surface area (Å²) in [4.78, 5) is 18.8. The minimum atomic E-state index is -0.450. The number of amides is 1. The van der Waals surface area contributed by atoms with Crippen molar-refractivity contribution < 1.29 is 18.1 Å². The van der Waals surface area contributed by atoms with E-state index in [-0.39, 0.29) is 29.8 Å². The van der Waals surface area contributed by atoms with E-state index in [9.17, 15) is 13.6 Å². The van der Waals surface area contributed by atoms with Crippen molar-refractivity contribution in [2.24, 2.45) is 0 Å². The smallest absolute Gasteiger partial charge is 0.231 e. The van der Waals surface area contributed by atoms with Gasteiger partial charge >= 0.3 is 0 Å². The molecule has 3 aromatic rings. The molecule has 1 aliphatic heterocycles. The Morgan fingerprint density at radius 3 is 2.90 bits per heavy atom. The van der Waals surface area contributed by atoms with Crippen LogP contribution in [0, 0.1) is 11.6 Å². The molecule has 1 amide bonds. The quantitative estimate of drug-likeness (QED) is 0.656. The van der Waals surface area contributed by atoms with Crippen molar-refractivity contribution in [1.82, 2.24) is 15.0 Å². The third kappa shape index (κ3) is 4.88. The van der Waals surface area contributed by atoms with Crippen LogP contribution in [0.3, 0.4) is 0 Å². The van der Waals surface area contributed by atoms with Gasteiger partial charge in [-0.2, -0.15) is 4.98 Å². The molecule has 6 nitrogen and oxygen atoms in total. The Kier molecular flexibility index (Phi) is 6.13. The number of nitrogens with one attached hydrogen (secondary N) is 1. The predicted molar refractivity (Wildman–Crippen MR) is 108 cm³/mol. The number of hydrogen-bond donors (Lipinski definition) is 1. The molecule has 0 radical (unpaired) electrons. The summed E-state index contributed by atoms with van der Waals surface area (Å²) in [5.41, 5.74) is 0.761. The number of halogens is 2. The number of benzene rings is 2. The van der Waals surface area contributed by atoms with E-state index in [0.29, 0.717) is 30.4 Å². The second-order valence-electron chi connectivity index (χ2n) is 7.38. The van der Waals surface area contributed by atoms with E-state index < -0.39 is 5.82 Å². The van der Waals surface area contributed by atoms with Crippen LogP contribution in [0.15, 0.2) is 53.1 Å². The van der Waals surface area contributed by atoms with Crippen molar-refractivity contribution >= 4 is 11.6 Å². The fourth-order valence-electron chi connectivity index (χ4n) is 3.64. The topological polar surface area (TPSA) is 71.3 Å². The molecule has 0 bridgehead atoms. The highest BCUT2D eigenvalue weighted by molar-refractivity contribution is 5.90. The van der Waals surface area contributed by atoms with Crippen LogP contribution in [-0.4, -0.2) is 40.6 Å². The number of rotatable bonds is 6. The van der Waals surface area contributed by atoms with Crippen molar-refractivity contribution in [2.45, 2.75) is 25.2 Å². The van der Waals surface area contributed by atoms with E-state index in [1.807, 2.05) is 0 Å². The fraction of sp³-hybridized carbons (Fsp3) is 0.318. The standard InChI is InChI=1S/C22H22F2N4O2/c23-17-7-3-5-15(13-17)21-26-22(30-27-21)16-6-4-11-28(14-16)12-10-20(29)25-19-9-2-1-8-18(19)24/h1-3,5,7-9,13,16H,4,6,10-12,14H2,(H,25,29). The Balaban J connectivity index is 1.32. The maximum Gasteiger partial charge on any atom is 0.231 e. The molecule has 2 aromatic carbocycles. The summed E-state index contributed by atoms with van der Waals surface area (Å²) in [6.45, 7) is 2.12. The van der Waals surface area contributed by atoms with Gasteiger partial charge in [-0.25, -0.2) is 8.78 Å². The third-order valence-electron chi connectivity index (χ3n) is 5.18. The maximum absolute atomic E-state index is 13.7. The van der Waals surface area contributed by atoms with Crippen LogP contribution in [0.2, 0.25) is 0 Å². The average molecular weight is 412 g/mol. The lowest BCUT2D eigenvalue weighted by atomic mass is 9.98. The first kappa shape index (κ1) is 20.2. The van der Waals surface area contributed by atoms with Gasteiger partial charge < -0.3 is 14.7 Å².